The minimum Gasteiger partial charge on any atom is -0.375 e. The molecule has 24 heavy (non-hydrogen) atoms. The van der Waals surface area contributed by atoms with Gasteiger partial charge in [0.25, 0.3) is 5.91 Å². The number of hydrogen-bond donors (Lipinski definition) is 1. The number of methoxy groups -OCH3 is 1. The smallest absolute Gasteiger partial charge is 0.255 e. The van der Waals surface area contributed by atoms with E-state index in [4.69, 9.17) is 4.74 Å². The van der Waals surface area contributed by atoms with Gasteiger partial charge in [0.1, 0.15) is 6.61 Å². The third-order valence-electron chi connectivity index (χ3n) is 3.91. The van der Waals surface area contributed by atoms with Crippen molar-refractivity contribution in [3.8, 4) is 0 Å². The zero-order valence-corrected chi connectivity index (χ0v) is 14.2. The molecule has 0 fully saturated rings. The molecule has 0 aliphatic carbocycles. The Hall–Kier alpha value is -2.66. The highest BCUT2D eigenvalue weighted by atomic mass is 16.5. The summed E-state index contributed by atoms with van der Waals surface area (Å²) in [7, 11) is 3.23. The number of nitrogens with zero attached hydrogens (tertiary/aromatic N) is 1. The summed E-state index contributed by atoms with van der Waals surface area (Å²) in [4.78, 5) is 25.8. The second kappa shape index (κ2) is 8.26. The van der Waals surface area contributed by atoms with Crippen molar-refractivity contribution in [3.63, 3.8) is 0 Å². The molecule has 0 saturated heterocycles. The maximum absolute atomic E-state index is 12.2. The number of likely N-dealkylation sites (N-methyl/N-ethyl adjacent to an activating group) is 1. The van der Waals surface area contributed by atoms with Crippen LogP contribution in [-0.2, 0) is 9.53 Å². The highest BCUT2D eigenvalue weighted by molar-refractivity contribution is 6.04. The van der Waals surface area contributed by atoms with Crippen molar-refractivity contribution < 1.29 is 14.3 Å². The molecule has 0 heterocycles. The maximum atomic E-state index is 12.2. The molecule has 0 spiro atoms. The van der Waals surface area contributed by atoms with Gasteiger partial charge in [-0.2, -0.15) is 0 Å². The average Bonchev–Trinajstić information content (AvgIpc) is 2.61. The standard InChI is InChI=1S/C19H22N2O3/c1-14(21(2)18(22)13-24-3)16-10-7-11-17(12-16)20-19(23)15-8-5-4-6-9-15/h4-12,14H,13H2,1-3H3,(H,20,23)/t14-/m0/s1. The Labute approximate surface area is 142 Å². The molecule has 2 rings (SSSR count). The average molecular weight is 326 g/mol. The highest BCUT2D eigenvalue weighted by Crippen LogP contribution is 2.22. The number of hydrogen-bond acceptors (Lipinski definition) is 3. The monoisotopic (exact) mass is 326 g/mol. The molecule has 0 bridgehead atoms. The molecule has 5 nitrogen and oxygen atoms in total. The quantitative estimate of drug-likeness (QED) is 0.887. The SMILES string of the molecule is COCC(=O)N(C)[C@@H](C)c1cccc(NC(=O)c2ccccc2)c1. The molecule has 1 N–H and O–H groups in total. The number of rotatable bonds is 6. The lowest BCUT2D eigenvalue weighted by molar-refractivity contribution is -0.135. The minimum atomic E-state index is -0.163. The molecular formula is C19H22N2O3. The first kappa shape index (κ1) is 17.7. The number of carbonyl (C=O) groups is 2. The predicted octanol–water partition coefficient (Wildman–Crippen LogP) is 3.10. The number of carbonyl (C=O) groups excluding carboxylic acids is 2. The van der Waals surface area contributed by atoms with Crippen molar-refractivity contribution in [2.45, 2.75) is 13.0 Å². The third-order valence-corrected chi connectivity index (χ3v) is 3.91. The molecule has 2 aromatic rings. The van der Waals surface area contributed by atoms with E-state index in [9.17, 15) is 9.59 Å². The third kappa shape index (κ3) is 4.43. The van der Waals surface area contributed by atoms with Crippen LogP contribution in [0.4, 0.5) is 5.69 Å². The zero-order valence-electron chi connectivity index (χ0n) is 14.2. The van der Waals surface area contributed by atoms with E-state index < -0.39 is 0 Å². The fraction of sp³-hybridized carbons (Fsp3) is 0.263. The largest absolute Gasteiger partial charge is 0.375 e. The van der Waals surface area contributed by atoms with E-state index in [2.05, 4.69) is 5.32 Å². The van der Waals surface area contributed by atoms with Crippen molar-refractivity contribution in [1.82, 2.24) is 4.90 Å². The first-order valence-electron chi connectivity index (χ1n) is 7.74. The van der Waals surface area contributed by atoms with Gasteiger partial charge >= 0.3 is 0 Å². The van der Waals surface area contributed by atoms with Gasteiger partial charge in [0.2, 0.25) is 5.91 Å². The maximum Gasteiger partial charge on any atom is 0.255 e. The van der Waals surface area contributed by atoms with E-state index in [0.717, 1.165) is 5.56 Å². The number of anilines is 1. The molecule has 0 aromatic heterocycles. The minimum absolute atomic E-state index is 0.0469. The summed E-state index contributed by atoms with van der Waals surface area (Å²) in [5.41, 5.74) is 2.23. The van der Waals surface area contributed by atoms with Crippen molar-refractivity contribution in [1.29, 1.82) is 0 Å². The fourth-order valence-corrected chi connectivity index (χ4v) is 2.33. The Balaban J connectivity index is 2.11. The molecule has 2 aromatic carbocycles. The summed E-state index contributed by atoms with van der Waals surface area (Å²) in [6, 6.07) is 16.4. The van der Waals surface area contributed by atoms with E-state index in [-0.39, 0.29) is 24.5 Å². The van der Waals surface area contributed by atoms with Crippen LogP contribution in [0.15, 0.2) is 54.6 Å². The lowest BCUT2D eigenvalue weighted by atomic mass is 10.1. The van der Waals surface area contributed by atoms with E-state index in [1.165, 1.54) is 7.11 Å². The first-order valence-corrected chi connectivity index (χ1v) is 7.74. The predicted molar refractivity (Wildman–Crippen MR) is 93.9 cm³/mol. The number of nitrogens with one attached hydrogen (secondary N) is 1. The van der Waals surface area contributed by atoms with Crippen LogP contribution in [0.3, 0.4) is 0 Å². The molecule has 0 aliphatic rings. The van der Waals surface area contributed by atoms with Gasteiger partial charge in [0.15, 0.2) is 0 Å². The zero-order chi connectivity index (χ0) is 17.5. The molecule has 0 unspecified atom stereocenters. The Bertz CT molecular complexity index is 701. The summed E-state index contributed by atoms with van der Waals surface area (Å²) in [5, 5.41) is 2.88. The van der Waals surface area contributed by atoms with Crippen molar-refractivity contribution >= 4 is 17.5 Å². The van der Waals surface area contributed by atoms with Gasteiger partial charge in [-0.25, -0.2) is 0 Å². The Kier molecular flexibility index (Phi) is 6.09. The molecule has 2 amide bonds. The van der Waals surface area contributed by atoms with Gasteiger partial charge < -0.3 is 15.0 Å². The van der Waals surface area contributed by atoms with Crippen molar-refractivity contribution in [2.24, 2.45) is 0 Å². The van der Waals surface area contributed by atoms with Gasteiger partial charge in [-0.15, -0.1) is 0 Å². The van der Waals surface area contributed by atoms with Crippen LogP contribution in [0.25, 0.3) is 0 Å². The van der Waals surface area contributed by atoms with Crippen molar-refractivity contribution in [2.75, 3.05) is 26.1 Å². The van der Waals surface area contributed by atoms with Crippen LogP contribution >= 0.6 is 0 Å². The van der Waals surface area contributed by atoms with E-state index in [1.807, 2.05) is 49.4 Å². The Morgan fingerprint density at radius 2 is 1.83 bits per heavy atom. The molecule has 5 heteroatoms. The van der Waals surface area contributed by atoms with Gasteiger partial charge in [0.05, 0.1) is 6.04 Å². The molecular weight excluding hydrogens is 304 g/mol. The van der Waals surface area contributed by atoms with Crippen LogP contribution < -0.4 is 5.32 Å². The van der Waals surface area contributed by atoms with Crippen LogP contribution in [-0.4, -0.2) is 37.5 Å². The second-order valence-corrected chi connectivity index (χ2v) is 5.56. The highest BCUT2D eigenvalue weighted by Gasteiger charge is 2.17. The fourth-order valence-electron chi connectivity index (χ4n) is 2.33. The molecule has 126 valence electrons. The lowest BCUT2D eigenvalue weighted by Gasteiger charge is -2.25. The number of ether oxygens (including phenoxy) is 1. The number of amides is 2. The summed E-state index contributed by atoms with van der Waals surface area (Å²) in [5.74, 6) is -0.257. The van der Waals surface area contributed by atoms with E-state index >= 15 is 0 Å². The lowest BCUT2D eigenvalue weighted by Crippen LogP contribution is -2.32. The molecule has 0 saturated carbocycles. The van der Waals surface area contributed by atoms with Crippen molar-refractivity contribution in [3.05, 3.63) is 65.7 Å². The van der Waals surface area contributed by atoms with E-state index in [1.54, 1.807) is 24.1 Å². The first-order chi connectivity index (χ1) is 11.5. The molecule has 1 atom stereocenters. The second-order valence-electron chi connectivity index (χ2n) is 5.56. The Morgan fingerprint density at radius 3 is 2.50 bits per heavy atom. The summed E-state index contributed by atoms with van der Waals surface area (Å²) in [6.07, 6.45) is 0. The molecule has 0 aliphatic heterocycles. The topological polar surface area (TPSA) is 58.6 Å². The van der Waals surface area contributed by atoms with Crippen LogP contribution in [0.5, 0.6) is 0 Å². The summed E-state index contributed by atoms with van der Waals surface area (Å²) >= 11 is 0. The Morgan fingerprint density at radius 1 is 1.12 bits per heavy atom. The van der Waals surface area contributed by atoms with Gasteiger partial charge in [-0.05, 0) is 36.8 Å². The van der Waals surface area contributed by atoms with Gasteiger partial charge in [0, 0.05) is 25.4 Å². The van der Waals surface area contributed by atoms with Gasteiger partial charge in [-0.1, -0.05) is 30.3 Å². The normalized spacial score (nSPS) is 11.6. The summed E-state index contributed by atoms with van der Waals surface area (Å²) in [6.45, 7) is 1.98. The van der Waals surface area contributed by atoms with Crippen LogP contribution in [0.1, 0.15) is 28.9 Å². The van der Waals surface area contributed by atoms with Crippen LogP contribution in [0, 0.1) is 0 Å². The van der Waals surface area contributed by atoms with E-state index in [0.29, 0.717) is 11.3 Å². The van der Waals surface area contributed by atoms with Crippen LogP contribution in [0.2, 0.25) is 0 Å². The van der Waals surface area contributed by atoms with Gasteiger partial charge in [-0.3, -0.25) is 9.59 Å². The summed E-state index contributed by atoms with van der Waals surface area (Å²) < 4.78 is 4.89. The molecule has 0 radical (unpaired) electrons. The number of benzene rings is 2.